The van der Waals surface area contributed by atoms with Gasteiger partial charge in [0.05, 0.1) is 29.1 Å². The lowest BCUT2D eigenvalue weighted by Gasteiger charge is -2.14. The zero-order valence-corrected chi connectivity index (χ0v) is 19.6. The molecule has 2 aromatic carbocycles. The normalized spacial score (nSPS) is 12.7. The predicted octanol–water partition coefficient (Wildman–Crippen LogP) is 3.07. The fraction of sp³-hybridized carbons (Fsp3) is 0.273. The van der Waals surface area contributed by atoms with Crippen molar-refractivity contribution in [2.45, 2.75) is 18.7 Å². The highest BCUT2D eigenvalue weighted by Gasteiger charge is 2.37. The summed E-state index contributed by atoms with van der Waals surface area (Å²) in [4.78, 5) is 17.5. The third-order valence-corrected chi connectivity index (χ3v) is 8.01. The highest BCUT2D eigenvalue weighted by molar-refractivity contribution is 7.92. The molecule has 9 nitrogen and oxygen atoms in total. The number of rotatable bonds is 9. The van der Waals surface area contributed by atoms with E-state index < -0.39 is 21.0 Å². The fourth-order valence-corrected chi connectivity index (χ4v) is 6.25. The van der Waals surface area contributed by atoms with Gasteiger partial charge in [0.2, 0.25) is 17.7 Å². The fourth-order valence-electron chi connectivity index (χ4n) is 3.28. The number of benzene rings is 2. The molecule has 4 rings (SSSR count). The molecule has 0 fully saturated rings. The molecule has 1 unspecified atom stereocenters. The number of hydrogen-bond acceptors (Lipinski definition) is 9. The second kappa shape index (κ2) is 9.77. The van der Waals surface area contributed by atoms with Gasteiger partial charge in [0.25, 0.3) is 0 Å². The molecule has 0 aliphatic rings. The van der Waals surface area contributed by atoms with Crippen molar-refractivity contribution >= 4 is 37.3 Å². The second-order valence-electron chi connectivity index (χ2n) is 7.27. The van der Waals surface area contributed by atoms with E-state index in [1.807, 2.05) is 48.5 Å². The van der Waals surface area contributed by atoms with E-state index in [1.54, 1.807) is 6.92 Å². The third kappa shape index (κ3) is 5.27. The molecule has 2 heterocycles. The first-order valence-electron chi connectivity index (χ1n) is 10.1. The number of aryl methyl sites for hydroxylation is 1. The molecule has 0 saturated heterocycles. The molecule has 2 aromatic heterocycles. The number of nitrogens with one attached hydrogen (secondary N) is 1. The van der Waals surface area contributed by atoms with Gasteiger partial charge in [0.1, 0.15) is 5.01 Å². The third-order valence-electron chi connectivity index (χ3n) is 4.89. The first kappa shape index (κ1) is 23.0. The van der Waals surface area contributed by atoms with Crippen molar-refractivity contribution in [3.63, 3.8) is 0 Å². The van der Waals surface area contributed by atoms with E-state index in [-0.39, 0.29) is 29.8 Å². The van der Waals surface area contributed by atoms with Crippen LogP contribution in [-0.4, -0.2) is 49.0 Å². The van der Waals surface area contributed by atoms with Crippen LogP contribution in [0.1, 0.15) is 22.0 Å². The van der Waals surface area contributed by atoms with Gasteiger partial charge in [-0.25, -0.2) is 13.4 Å². The number of carbonyl (C=O) groups excluding carboxylic acids is 1. The smallest absolute Gasteiger partial charge is 0.245 e. The van der Waals surface area contributed by atoms with Crippen LogP contribution >= 0.6 is 11.3 Å². The molecule has 0 spiro atoms. The Bertz CT molecular complexity index is 1370. The molecular weight excluding hydrogens is 464 g/mol. The Balaban J connectivity index is 1.67. The molecule has 172 valence electrons. The summed E-state index contributed by atoms with van der Waals surface area (Å²) in [5.74, 6) is -0.481. The SMILES string of the molecule is COCCS(=O)(=O)C(C(=O)NCc1nnc(C)o1)c1nc2ccc(-c3ccccc3)cc2s1. The summed E-state index contributed by atoms with van der Waals surface area (Å²) in [6.07, 6.45) is 0. The Morgan fingerprint density at radius 2 is 1.94 bits per heavy atom. The summed E-state index contributed by atoms with van der Waals surface area (Å²) in [5, 5.41) is 8.84. The van der Waals surface area contributed by atoms with E-state index in [0.717, 1.165) is 15.8 Å². The van der Waals surface area contributed by atoms with Crippen LogP contribution in [0.5, 0.6) is 0 Å². The first-order valence-corrected chi connectivity index (χ1v) is 12.6. The van der Waals surface area contributed by atoms with Crippen LogP contribution in [-0.2, 0) is 25.9 Å². The van der Waals surface area contributed by atoms with Gasteiger partial charge in [0, 0.05) is 14.0 Å². The highest BCUT2D eigenvalue weighted by atomic mass is 32.2. The van der Waals surface area contributed by atoms with Gasteiger partial charge < -0.3 is 14.5 Å². The number of carbonyl (C=O) groups is 1. The summed E-state index contributed by atoms with van der Waals surface area (Å²) in [7, 11) is -2.49. The largest absolute Gasteiger partial charge is 0.424 e. The van der Waals surface area contributed by atoms with Crippen molar-refractivity contribution in [2.75, 3.05) is 19.5 Å². The van der Waals surface area contributed by atoms with E-state index >= 15 is 0 Å². The minimum absolute atomic E-state index is 0.0297. The van der Waals surface area contributed by atoms with Crippen molar-refractivity contribution in [1.82, 2.24) is 20.5 Å². The number of nitrogens with zero attached hydrogens (tertiary/aromatic N) is 3. The van der Waals surface area contributed by atoms with E-state index in [1.165, 1.54) is 18.4 Å². The molecule has 33 heavy (non-hydrogen) atoms. The molecule has 1 N–H and O–H groups in total. The van der Waals surface area contributed by atoms with E-state index in [4.69, 9.17) is 9.15 Å². The lowest BCUT2D eigenvalue weighted by atomic mass is 10.1. The van der Waals surface area contributed by atoms with Crippen LogP contribution in [0.15, 0.2) is 52.9 Å². The average Bonchev–Trinajstić information content (AvgIpc) is 3.41. The van der Waals surface area contributed by atoms with Crippen LogP contribution < -0.4 is 5.32 Å². The Morgan fingerprint density at radius 3 is 2.64 bits per heavy atom. The Hall–Kier alpha value is -3.15. The van der Waals surface area contributed by atoms with Crippen LogP contribution in [0.4, 0.5) is 0 Å². The van der Waals surface area contributed by atoms with Gasteiger partial charge in [-0.1, -0.05) is 36.4 Å². The number of ether oxygens (including phenoxy) is 1. The van der Waals surface area contributed by atoms with E-state index in [0.29, 0.717) is 11.4 Å². The first-order chi connectivity index (χ1) is 15.9. The van der Waals surface area contributed by atoms with Gasteiger partial charge in [-0.2, -0.15) is 0 Å². The van der Waals surface area contributed by atoms with Crippen molar-refractivity contribution in [1.29, 1.82) is 0 Å². The standard InChI is InChI=1S/C22H22N4O5S2/c1-14-25-26-19(31-14)13-23-21(27)20(33(28,29)11-10-30-2)22-24-17-9-8-16(12-18(17)32-22)15-6-4-3-5-7-15/h3-9,12,20H,10-11,13H2,1-2H3,(H,23,27). The van der Waals surface area contributed by atoms with Crippen molar-refractivity contribution in [3.05, 3.63) is 65.3 Å². The number of aromatic nitrogens is 3. The lowest BCUT2D eigenvalue weighted by Crippen LogP contribution is -2.35. The van der Waals surface area contributed by atoms with Crippen LogP contribution in [0.25, 0.3) is 21.3 Å². The van der Waals surface area contributed by atoms with Gasteiger partial charge >= 0.3 is 0 Å². The number of methoxy groups -OCH3 is 1. The Kier molecular flexibility index (Phi) is 6.82. The van der Waals surface area contributed by atoms with Crippen molar-refractivity contribution in [3.8, 4) is 11.1 Å². The number of hydrogen-bond donors (Lipinski definition) is 1. The zero-order valence-electron chi connectivity index (χ0n) is 18.0. The molecule has 0 aliphatic heterocycles. The average molecular weight is 487 g/mol. The van der Waals surface area contributed by atoms with Crippen LogP contribution in [0, 0.1) is 6.92 Å². The molecule has 0 saturated carbocycles. The van der Waals surface area contributed by atoms with Crippen molar-refractivity contribution < 1.29 is 22.4 Å². The maximum absolute atomic E-state index is 13.1. The molecule has 0 bridgehead atoms. The summed E-state index contributed by atoms with van der Waals surface area (Å²) >= 11 is 1.19. The molecule has 4 aromatic rings. The number of thiazole rings is 1. The minimum atomic E-state index is -3.90. The minimum Gasteiger partial charge on any atom is -0.424 e. The quantitative estimate of drug-likeness (QED) is 0.383. The van der Waals surface area contributed by atoms with Gasteiger partial charge in [-0.3, -0.25) is 4.79 Å². The summed E-state index contributed by atoms with van der Waals surface area (Å²) < 4.78 is 37.2. The Labute approximate surface area is 194 Å². The Morgan fingerprint density at radius 1 is 1.15 bits per heavy atom. The molecule has 11 heteroatoms. The van der Waals surface area contributed by atoms with Gasteiger partial charge in [0.15, 0.2) is 15.1 Å². The molecule has 0 aliphatic carbocycles. The zero-order chi connectivity index (χ0) is 23.4. The maximum Gasteiger partial charge on any atom is 0.245 e. The molecule has 1 atom stereocenters. The highest BCUT2D eigenvalue weighted by Crippen LogP contribution is 2.34. The topological polar surface area (TPSA) is 124 Å². The van der Waals surface area contributed by atoms with Gasteiger partial charge in [-0.15, -0.1) is 21.5 Å². The van der Waals surface area contributed by atoms with Crippen molar-refractivity contribution in [2.24, 2.45) is 0 Å². The predicted molar refractivity (Wildman–Crippen MR) is 124 cm³/mol. The van der Waals surface area contributed by atoms with Gasteiger partial charge in [-0.05, 0) is 23.3 Å². The molecular formula is C22H22N4O5S2. The van der Waals surface area contributed by atoms with Crippen LogP contribution in [0.2, 0.25) is 0 Å². The second-order valence-corrected chi connectivity index (χ2v) is 10.5. The number of fused-ring (bicyclic) bond motifs is 1. The van der Waals surface area contributed by atoms with Crippen LogP contribution in [0.3, 0.4) is 0 Å². The molecule has 1 amide bonds. The maximum atomic E-state index is 13.1. The van der Waals surface area contributed by atoms with E-state index in [2.05, 4.69) is 20.5 Å². The number of sulfone groups is 1. The monoisotopic (exact) mass is 486 g/mol. The van der Waals surface area contributed by atoms with E-state index in [9.17, 15) is 13.2 Å². The summed E-state index contributed by atoms with van der Waals surface area (Å²) in [6, 6.07) is 15.5. The molecule has 0 radical (unpaired) electrons. The summed E-state index contributed by atoms with van der Waals surface area (Å²) in [6.45, 7) is 1.51. The lowest BCUT2D eigenvalue weighted by molar-refractivity contribution is -0.121. The summed E-state index contributed by atoms with van der Waals surface area (Å²) in [5.41, 5.74) is 2.64. The number of amides is 1.